The lowest BCUT2D eigenvalue weighted by Gasteiger charge is -2.09. The Bertz CT molecular complexity index is 519. The monoisotopic (exact) mass is 297 g/mol. The van der Waals surface area contributed by atoms with E-state index in [1.54, 1.807) is 18.9 Å². The van der Waals surface area contributed by atoms with Crippen LogP contribution in [0, 0.1) is 0 Å². The number of anilines is 1. The fraction of sp³-hybridized carbons (Fsp3) is 0.333. The van der Waals surface area contributed by atoms with Crippen molar-refractivity contribution in [2.45, 2.75) is 5.75 Å². The second kappa shape index (κ2) is 7.20. The topological polar surface area (TPSA) is 70.3 Å². The van der Waals surface area contributed by atoms with Crippen LogP contribution in [-0.4, -0.2) is 29.7 Å². The summed E-state index contributed by atoms with van der Waals surface area (Å²) in [6.45, 7) is 0.624. The lowest BCUT2D eigenvalue weighted by Crippen LogP contribution is -2.01. The number of nitrogens with zero attached hydrogens (tertiary/aromatic N) is 2. The molecule has 102 valence electrons. The zero-order valence-corrected chi connectivity index (χ0v) is 12.2. The SMILES string of the molecule is COc1ccccc1OCCSCc1nnc(N)s1. The van der Waals surface area contributed by atoms with Gasteiger partial charge in [0.15, 0.2) is 11.5 Å². The quantitative estimate of drug-likeness (QED) is 0.792. The largest absolute Gasteiger partial charge is 0.493 e. The molecule has 0 fully saturated rings. The van der Waals surface area contributed by atoms with Gasteiger partial charge in [0.25, 0.3) is 0 Å². The summed E-state index contributed by atoms with van der Waals surface area (Å²) in [5.74, 6) is 3.21. The number of thioether (sulfide) groups is 1. The average Bonchev–Trinajstić information content (AvgIpc) is 2.84. The molecule has 0 atom stereocenters. The van der Waals surface area contributed by atoms with E-state index in [1.807, 2.05) is 24.3 Å². The Hall–Kier alpha value is -1.47. The first-order valence-corrected chi connectivity index (χ1v) is 7.68. The van der Waals surface area contributed by atoms with Crippen LogP contribution in [0.1, 0.15) is 5.01 Å². The molecule has 0 bridgehead atoms. The van der Waals surface area contributed by atoms with Crippen LogP contribution in [0.25, 0.3) is 0 Å². The molecule has 2 N–H and O–H groups in total. The molecule has 5 nitrogen and oxygen atoms in total. The van der Waals surface area contributed by atoms with E-state index in [1.165, 1.54) is 11.3 Å². The van der Waals surface area contributed by atoms with Crippen LogP contribution in [-0.2, 0) is 5.75 Å². The van der Waals surface area contributed by atoms with E-state index >= 15 is 0 Å². The summed E-state index contributed by atoms with van der Waals surface area (Å²) in [6, 6.07) is 7.62. The van der Waals surface area contributed by atoms with Crippen molar-refractivity contribution in [1.29, 1.82) is 0 Å². The maximum atomic E-state index is 5.67. The number of nitrogens with two attached hydrogens (primary N) is 1. The molecule has 0 amide bonds. The smallest absolute Gasteiger partial charge is 0.203 e. The van der Waals surface area contributed by atoms with Crippen molar-refractivity contribution >= 4 is 28.2 Å². The Kier molecular flexibility index (Phi) is 5.29. The summed E-state index contributed by atoms with van der Waals surface area (Å²) in [4.78, 5) is 0. The first-order chi connectivity index (χ1) is 9.29. The maximum absolute atomic E-state index is 5.67. The average molecular weight is 297 g/mol. The van der Waals surface area contributed by atoms with Gasteiger partial charge < -0.3 is 15.2 Å². The molecule has 7 heteroatoms. The summed E-state index contributed by atoms with van der Waals surface area (Å²) < 4.78 is 10.9. The molecule has 2 aromatic rings. The van der Waals surface area contributed by atoms with E-state index in [9.17, 15) is 0 Å². The van der Waals surface area contributed by atoms with E-state index in [0.29, 0.717) is 11.7 Å². The van der Waals surface area contributed by atoms with Crippen LogP contribution in [0.3, 0.4) is 0 Å². The first kappa shape index (κ1) is 14.0. The van der Waals surface area contributed by atoms with Gasteiger partial charge in [-0.25, -0.2) is 0 Å². The molecule has 0 aliphatic rings. The predicted molar refractivity (Wildman–Crippen MR) is 79.0 cm³/mol. The minimum atomic E-state index is 0.515. The summed E-state index contributed by atoms with van der Waals surface area (Å²) in [5.41, 5.74) is 5.51. The van der Waals surface area contributed by atoms with E-state index in [-0.39, 0.29) is 0 Å². The van der Waals surface area contributed by atoms with Crippen LogP contribution < -0.4 is 15.2 Å². The number of hydrogen-bond acceptors (Lipinski definition) is 7. The fourth-order valence-corrected chi connectivity index (χ4v) is 2.90. The lowest BCUT2D eigenvalue weighted by atomic mass is 10.3. The van der Waals surface area contributed by atoms with Crippen LogP contribution in [0.15, 0.2) is 24.3 Å². The summed E-state index contributed by atoms with van der Waals surface area (Å²) in [5, 5.41) is 9.19. The summed E-state index contributed by atoms with van der Waals surface area (Å²) in [6.07, 6.45) is 0. The van der Waals surface area contributed by atoms with Crippen LogP contribution in [0.2, 0.25) is 0 Å². The van der Waals surface area contributed by atoms with Gasteiger partial charge in [0, 0.05) is 11.5 Å². The third kappa shape index (κ3) is 4.29. The highest BCUT2D eigenvalue weighted by molar-refractivity contribution is 7.98. The number of methoxy groups -OCH3 is 1. The van der Waals surface area contributed by atoms with Gasteiger partial charge in [0.2, 0.25) is 5.13 Å². The van der Waals surface area contributed by atoms with Gasteiger partial charge in [0.05, 0.1) is 13.7 Å². The fourth-order valence-electron chi connectivity index (χ4n) is 1.43. The van der Waals surface area contributed by atoms with E-state index < -0.39 is 0 Å². The standard InChI is InChI=1S/C12H15N3O2S2/c1-16-9-4-2-3-5-10(9)17-6-7-18-8-11-14-15-12(13)19-11/h2-5H,6-8H2,1H3,(H2,13,15). The molecule has 0 saturated carbocycles. The highest BCUT2D eigenvalue weighted by Crippen LogP contribution is 2.26. The molecule has 0 radical (unpaired) electrons. The second-order valence-electron chi connectivity index (χ2n) is 3.59. The predicted octanol–water partition coefficient (Wildman–Crippen LogP) is 2.44. The van der Waals surface area contributed by atoms with Gasteiger partial charge in [0.1, 0.15) is 5.01 Å². The Morgan fingerprint density at radius 1 is 1.26 bits per heavy atom. The molecule has 19 heavy (non-hydrogen) atoms. The number of benzene rings is 1. The highest BCUT2D eigenvalue weighted by atomic mass is 32.2. The Morgan fingerprint density at radius 3 is 2.74 bits per heavy atom. The first-order valence-electron chi connectivity index (χ1n) is 5.71. The van der Waals surface area contributed by atoms with Gasteiger partial charge in [-0.1, -0.05) is 23.5 Å². The maximum Gasteiger partial charge on any atom is 0.203 e. The normalized spacial score (nSPS) is 10.4. The van der Waals surface area contributed by atoms with Crippen molar-refractivity contribution in [2.75, 3.05) is 25.2 Å². The number of aromatic nitrogens is 2. The van der Waals surface area contributed by atoms with E-state index in [0.717, 1.165) is 28.0 Å². The second-order valence-corrected chi connectivity index (χ2v) is 5.78. The van der Waals surface area contributed by atoms with Gasteiger partial charge >= 0.3 is 0 Å². The third-order valence-electron chi connectivity index (χ3n) is 2.26. The van der Waals surface area contributed by atoms with Crippen LogP contribution in [0.4, 0.5) is 5.13 Å². The molecule has 0 spiro atoms. The van der Waals surface area contributed by atoms with Crippen LogP contribution >= 0.6 is 23.1 Å². The molecule has 1 heterocycles. The Balaban J connectivity index is 1.69. The number of nitrogen functional groups attached to an aromatic ring is 1. The van der Waals surface area contributed by atoms with Crippen molar-refractivity contribution in [2.24, 2.45) is 0 Å². The zero-order chi connectivity index (χ0) is 13.5. The van der Waals surface area contributed by atoms with Gasteiger partial charge in [-0.2, -0.15) is 11.8 Å². The molecule has 0 aliphatic carbocycles. The van der Waals surface area contributed by atoms with Crippen molar-refractivity contribution in [3.8, 4) is 11.5 Å². The van der Waals surface area contributed by atoms with Crippen molar-refractivity contribution in [1.82, 2.24) is 10.2 Å². The number of para-hydroxylation sites is 2. The molecule has 1 aromatic carbocycles. The van der Waals surface area contributed by atoms with Gasteiger partial charge in [-0.05, 0) is 12.1 Å². The number of ether oxygens (including phenoxy) is 2. The van der Waals surface area contributed by atoms with Crippen molar-refractivity contribution in [3.05, 3.63) is 29.3 Å². The molecular weight excluding hydrogens is 282 g/mol. The highest BCUT2D eigenvalue weighted by Gasteiger charge is 2.03. The summed E-state index contributed by atoms with van der Waals surface area (Å²) >= 11 is 3.16. The van der Waals surface area contributed by atoms with Crippen LogP contribution in [0.5, 0.6) is 11.5 Å². The minimum absolute atomic E-state index is 0.515. The molecule has 0 aliphatic heterocycles. The number of rotatable bonds is 7. The lowest BCUT2D eigenvalue weighted by molar-refractivity contribution is 0.313. The molecular formula is C12H15N3O2S2. The minimum Gasteiger partial charge on any atom is -0.493 e. The number of hydrogen-bond donors (Lipinski definition) is 1. The van der Waals surface area contributed by atoms with Gasteiger partial charge in [-0.3, -0.25) is 0 Å². The molecule has 0 unspecified atom stereocenters. The van der Waals surface area contributed by atoms with Crippen molar-refractivity contribution < 1.29 is 9.47 Å². The van der Waals surface area contributed by atoms with Gasteiger partial charge in [-0.15, -0.1) is 10.2 Å². The van der Waals surface area contributed by atoms with E-state index in [2.05, 4.69) is 10.2 Å². The molecule has 0 saturated heterocycles. The molecule has 1 aromatic heterocycles. The van der Waals surface area contributed by atoms with Crippen molar-refractivity contribution in [3.63, 3.8) is 0 Å². The third-order valence-corrected chi connectivity index (χ3v) is 4.13. The molecule has 2 rings (SSSR count). The van der Waals surface area contributed by atoms with E-state index in [4.69, 9.17) is 15.2 Å². The summed E-state index contributed by atoms with van der Waals surface area (Å²) in [7, 11) is 1.64. The Labute approximate surface area is 120 Å². The zero-order valence-electron chi connectivity index (χ0n) is 10.5. The Morgan fingerprint density at radius 2 is 2.05 bits per heavy atom.